The summed E-state index contributed by atoms with van der Waals surface area (Å²) in [7, 11) is 0. The minimum absolute atomic E-state index is 0.126. The number of nitro benzene ring substituents is 1. The molecule has 0 amide bonds. The van der Waals surface area contributed by atoms with Crippen LogP contribution in [0, 0.1) is 10.1 Å². The van der Waals surface area contributed by atoms with Gasteiger partial charge < -0.3 is 10.2 Å². The summed E-state index contributed by atoms with van der Waals surface area (Å²) in [6.07, 6.45) is 0. The molecule has 1 aromatic rings. The maximum atomic E-state index is 11.1. The van der Waals surface area contributed by atoms with E-state index < -0.39 is 0 Å². The molecule has 18 heavy (non-hydrogen) atoms. The van der Waals surface area contributed by atoms with Gasteiger partial charge in [0.1, 0.15) is 17.8 Å². The molecule has 1 aromatic carbocycles. The van der Waals surface area contributed by atoms with E-state index in [0.29, 0.717) is 22.8 Å². The lowest BCUT2D eigenvalue weighted by Gasteiger charge is -2.34. The first-order chi connectivity index (χ1) is 8.47. The zero-order chi connectivity index (χ0) is 13.3. The molecule has 2 N–H and O–H groups in total. The number of benzene rings is 1. The van der Waals surface area contributed by atoms with E-state index in [2.05, 4.69) is 24.1 Å². The van der Waals surface area contributed by atoms with Crippen LogP contribution in [-0.4, -0.2) is 30.1 Å². The fourth-order valence-electron chi connectivity index (χ4n) is 2.55. The number of hydrogen-bond acceptors (Lipinski definition) is 3. The molecule has 2 atom stereocenters. The van der Waals surface area contributed by atoms with Crippen molar-refractivity contribution in [2.45, 2.75) is 25.9 Å². The van der Waals surface area contributed by atoms with Gasteiger partial charge in [0.15, 0.2) is 0 Å². The quantitative estimate of drug-likeness (QED) is 0.653. The third-order valence-corrected chi connectivity index (χ3v) is 3.38. The van der Waals surface area contributed by atoms with Crippen LogP contribution in [-0.2, 0) is 0 Å². The second kappa shape index (κ2) is 5.12. The number of hydrogen-bond donors (Lipinski definition) is 1. The second-order valence-electron chi connectivity index (χ2n) is 4.94. The average molecular weight is 271 g/mol. The number of halogens is 1. The van der Waals surface area contributed by atoms with Crippen molar-refractivity contribution in [1.82, 2.24) is 0 Å². The van der Waals surface area contributed by atoms with Gasteiger partial charge in [-0.25, -0.2) is 0 Å². The molecule has 0 saturated carbocycles. The fraction of sp³-hybridized carbons (Fsp3) is 0.500. The summed E-state index contributed by atoms with van der Waals surface area (Å²) in [6, 6.07) is 5.57. The van der Waals surface area contributed by atoms with E-state index in [-0.39, 0.29) is 10.6 Å². The van der Waals surface area contributed by atoms with Crippen molar-refractivity contribution in [1.29, 1.82) is 0 Å². The van der Waals surface area contributed by atoms with E-state index in [0.717, 1.165) is 13.1 Å². The van der Waals surface area contributed by atoms with Crippen LogP contribution in [0.2, 0.25) is 5.02 Å². The van der Waals surface area contributed by atoms with Gasteiger partial charge in [-0.2, -0.15) is 0 Å². The van der Waals surface area contributed by atoms with Gasteiger partial charge in [0.05, 0.1) is 18.0 Å². The first-order valence-corrected chi connectivity index (χ1v) is 6.39. The van der Waals surface area contributed by atoms with Crippen LogP contribution in [0.3, 0.4) is 0 Å². The maximum absolute atomic E-state index is 11.1. The Bertz CT molecular complexity index is 457. The normalized spacial score (nSPS) is 24.1. The second-order valence-corrected chi connectivity index (χ2v) is 5.38. The summed E-state index contributed by atoms with van der Waals surface area (Å²) < 4.78 is 0. The SMILES string of the molecule is C[C@@H]1CN(c2cc(Cl)ccc2[N+](=O)[O-])C[C@H](C)[NH2+]1. The van der Waals surface area contributed by atoms with E-state index in [1.807, 2.05) is 0 Å². The Morgan fingerprint density at radius 1 is 1.39 bits per heavy atom. The van der Waals surface area contributed by atoms with Crippen LogP contribution in [0.25, 0.3) is 0 Å². The highest BCUT2D eigenvalue weighted by Crippen LogP contribution is 2.31. The maximum Gasteiger partial charge on any atom is 0.292 e. The Morgan fingerprint density at radius 2 is 2.00 bits per heavy atom. The molecule has 0 bridgehead atoms. The monoisotopic (exact) mass is 270 g/mol. The molecular formula is C12H17ClN3O2+. The number of quaternary nitrogens is 1. The fourth-order valence-corrected chi connectivity index (χ4v) is 2.72. The van der Waals surface area contributed by atoms with E-state index >= 15 is 0 Å². The van der Waals surface area contributed by atoms with Crippen molar-refractivity contribution >= 4 is 23.0 Å². The first kappa shape index (κ1) is 13.1. The van der Waals surface area contributed by atoms with Gasteiger partial charge in [-0.15, -0.1) is 0 Å². The number of nitrogens with zero attached hydrogens (tertiary/aromatic N) is 2. The van der Waals surface area contributed by atoms with Crippen LogP contribution < -0.4 is 10.2 Å². The Kier molecular flexibility index (Phi) is 3.73. The number of rotatable bonds is 2. The molecule has 0 aromatic heterocycles. The van der Waals surface area contributed by atoms with Crippen LogP contribution >= 0.6 is 11.6 Å². The Hall–Kier alpha value is -1.33. The highest BCUT2D eigenvalue weighted by Gasteiger charge is 2.28. The molecule has 6 heteroatoms. The van der Waals surface area contributed by atoms with Gasteiger partial charge in [-0.3, -0.25) is 10.1 Å². The highest BCUT2D eigenvalue weighted by atomic mass is 35.5. The molecule has 1 aliphatic heterocycles. The molecular weight excluding hydrogens is 254 g/mol. The zero-order valence-corrected chi connectivity index (χ0v) is 11.2. The predicted molar refractivity (Wildman–Crippen MR) is 71.2 cm³/mol. The summed E-state index contributed by atoms with van der Waals surface area (Å²) in [4.78, 5) is 12.8. The van der Waals surface area contributed by atoms with Crippen LogP contribution in [0.4, 0.5) is 11.4 Å². The number of piperazine rings is 1. The minimum atomic E-state index is -0.348. The largest absolute Gasteiger partial charge is 0.354 e. The standard InChI is InChI=1S/C12H16ClN3O2/c1-8-6-15(7-9(2)14-8)12-5-10(13)3-4-11(12)16(17)18/h3-5,8-9,14H,6-7H2,1-2H3/p+1/t8-,9+. The number of nitro groups is 1. The molecule has 1 saturated heterocycles. The van der Waals surface area contributed by atoms with Gasteiger partial charge in [-0.1, -0.05) is 11.6 Å². The van der Waals surface area contributed by atoms with Crippen molar-refractivity contribution in [3.8, 4) is 0 Å². The van der Waals surface area contributed by atoms with Crippen molar-refractivity contribution in [2.24, 2.45) is 0 Å². The Labute approximate surface area is 111 Å². The van der Waals surface area contributed by atoms with Crippen LogP contribution in [0.15, 0.2) is 18.2 Å². The van der Waals surface area contributed by atoms with Gasteiger partial charge in [0.2, 0.25) is 0 Å². The summed E-state index contributed by atoms with van der Waals surface area (Å²) in [5.74, 6) is 0. The third kappa shape index (κ3) is 2.73. The average Bonchev–Trinajstić information content (AvgIpc) is 2.27. The summed E-state index contributed by atoms with van der Waals surface area (Å²) in [6.45, 7) is 5.84. The van der Waals surface area contributed by atoms with Gasteiger partial charge in [0, 0.05) is 11.1 Å². The molecule has 0 spiro atoms. The summed E-state index contributed by atoms with van der Waals surface area (Å²) in [5, 5.41) is 13.9. The lowest BCUT2D eigenvalue weighted by atomic mass is 10.1. The summed E-state index contributed by atoms with van der Waals surface area (Å²) >= 11 is 5.96. The van der Waals surface area contributed by atoms with Crippen LogP contribution in [0.1, 0.15) is 13.8 Å². The zero-order valence-electron chi connectivity index (χ0n) is 10.5. The van der Waals surface area contributed by atoms with Gasteiger partial charge >= 0.3 is 0 Å². The Morgan fingerprint density at radius 3 is 2.56 bits per heavy atom. The van der Waals surface area contributed by atoms with Crippen molar-refractivity contribution < 1.29 is 10.2 Å². The van der Waals surface area contributed by atoms with Crippen molar-refractivity contribution in [2.75, 3.05) is 18.0 Å². The lowest BCUT2D eigenvalue weighted by Crippen LogP contribution is -2.99. The van der Waals surface area contributed by atoms with Crippen molar-refractivity contribution in [3.05, 3.63) is 33.3 Å². The van der Waals surface area contributed by atoms with Gasteiger partial charge in [0.25, 0.3) is 5.69 Å². The molecule has 1 fully saturated rings. The first-order valence-electron chi connectivity index (χ1n) is 6.01. The molecule has 0 radical (unpaired) electrons. The van der Waals surface area contributed by atoms with Crippen molar-refractivity contribution in [3.63, 3.8) is 0 Å². The summed E-state index contributed by atoms with van der Waals surface area (Å²) in [5.41, 5.74) is 0.750. The van der Waals surface area contributed by atoms with E-state index in [1.54, 1.807) is 12.1 Å². The minimum Gasteiger partial charge on any atom is -0.354 e. The lowest BCUT2D eigenvalue weighted by molar-refractivity contribution is -0.716. The van der Waals surface area contributed by atoms with Crippen LogP contribution in [0.5, 0.6) is 0 Å². The molecule has 5 nitrogen and oxygen atoms in total. The molecule has 0 unspecified atom stereocenters. The topological polar surface area (TPSA) is 63.0 Å². The van der Waals surface area contributed by atoms with E-state index in [4.69, 9.17) is 11.6 Å². The molecule has 2 rings (SSSR count). The Balaban J connectivity index is 2.36. The molecule has 98 valence electrons. The number of anilines is 1. The highest BCUT2D eigenvalue weighted by molar-refractivity contribution is 6.31. The molecule has 1 aliphatic rings. The number of nitrogens with two attached hydrogens (primary N) is 1. The smallest absolute Gasteiger partial charge is 0.292 e. The third-order valence-electron chi connectivity index (χ3n) is 3.15. The van der Waals surface area contributed by atoms with Gasteiger partial charge in [-0.05, 0) is 26.0 Å². The molecule has 0 aliphatic carbocycles. The predicted octanol–water partition coefficient (Wildman–Crippen LogP) is 1.41. The van der Waals surface area contributed by atoms with E-state index in [1.165, 1.54) is 6.07 Å². The molecule has 1 heterocycles. The van der Waals surface area contributed by atoms with E-state index in [9.17, 15) is 10.1 Å².